The Kier molecular flexibility index (Phi) is 9.96. The van der Waals surface area contributed by atoms with Gasteiger partial charge < -0.3 is 10.2 Å². The van der Waals surface area contributed by atoms with Crippen molar-refractivity contribution in [3.63, 3.8) is 0 Å². The molecule has 0 radical (unpaired) electrons. The van der Waals surface area contributed by atoms with E-state index < -0.39 is 34.1 Å². The van der Waals surface area contributed by atoms with E-state index in [1.807, 2.05) is 88.4 Å². The summed E-state index contributed by atoms with van der Waals surface area (Å²) in [7, 11) is -3.81. The second-order valence-corrected chi connectivity index (χ2v) is 13.4. The number of carbonyl (C=O) groups excluding carboxylic acids is 2. The Bertz CT molecular complexity index is 1390. The van der Waals surface area contributed by atoms with E-state index in [1.54, 1.807) is 18.2 Å². The lowest BCUT2D eigenvalue weighted by atomic mass is 10.0. The van der Waals surface area contributed by atoms with Crippen LogP contribution in [0.15, 0.2) is 83.3 Å². The molecule has 0 saturated carbocycles. The zero-order chi connectivity index (χ0) is 28.8. The third-order valence-electron chi connectivity index (χ3n) is 6.07. The van der Waals surface area contributed by atoms with Crippen LogP contribution in [0.4, 0.5) is 5.69 Å². The first kappa shape index (κ1) is 30.4. The molecule has 3 rings (SSSR count). The molecule has 0 bridgehead atoms. The molecule has 0 spiro atoms. The Hall–Kier alpha value is -3.17. The standard InChI is InChI=1S/C30H36BrN3O4S/c1-22-18-25(16-17-26(22)31)34(39(5,37)38)21-28(35)33(20-24-14-10-7-11-15-24)27(29(36)32-30(2,3)4)19-23-12-8-6-9-13-23/h6-18,27H,19-21H2,1-5H3,(H,32,36). The van der Waals surface area contributed by atoms with Gasteiger partial charge in [-0.25, -0.2) is 8.42 Å². The average molecular weight is 615 g/mol. The topological polar surface area (TPSA) is 86.8 Å². The first-order valence-corrected chi connectivity index (χ1v) is 15.3. The Morgan fingerprint density at radius 2 is 1.49 bits per heavy atom. The van der Waals surface area contributed by atoms with Crippen molar-refractivity contribution in [1.82, 2.24) is 10.2 Å². The fourth-order valence-corrected chi connectivity index (χ4v) is 5.27. The minimum Gasteiger partial charge on any atom is -0.350 e. The third-order valence-corrected chi connectivity index (χ3v) is 8.10. The first-order valence-electron chi connectivity index (χ1n) is 12.7. The zero-order valence-corrected chi connectivity index (χ0v) is 25.4. The molecule has 39 heavy (non-hydrogen) atoms. The minimum absolute atomic E-state index is 0.145. The summed E-state index contributed by atoms with van der Waals surface area (Å²) in [6, 6.07) is 23.1. The zero-order valence-electron chi connectivity index (χ0n) is 23.0. The van der Waals surface area contributed by atoms with E-state index in [0.717, 1.165) is 31.7 Å². The molecule has 0 saturated heterocycles. The largest absolute Gasteiger partial charge is 0.350 e. The molecule has 3 aromatic carbocycles. The molecule has 0 aliphatic carbocycles. The van der Waals surface area contributed by atoms with E-state index in [4.69, 9.17) is 0 Å². The molecule has 1 atom stereocenters. The molecule has 1 unspecified atom stereocenters. The van der Waals surface area contributed by atoms with Crippen LogP contribution in [0.3, 0.4) is 0 Å². The second-order valence-electron chi connectivity index (χ2n) is 10.7. The molecule has 1 N–H and O–H groups in total. The van der Waals surface area contributed by atoms with Gasteiger partial charge in [-0.1, -0.05) is 76.6 Å². The first-order chi connectivity index (χ1) is 18.2. The molecule has 2 amide bonds. The summed E-state index contributed by atoms with van der Waals surface area (Å²) in [6.45, 7) is 7.20. The highest BCUT2D eigenvalue weighted by Crippen LogP contribution is 2.25. The number of hydrogen-bond donors (Lipinski definition) is 1. The number of anilines is 1. The van der Waals surface area contributed by atoms with E-state index >= 15 is 0 Å². The van der Waals surface area contributed by atoms with Crippen LogP contribution in [0.1, 0.15) is 37.5 Å². The van der Waals surface area contributed by atoms with E-state index in [9.17, 15) is 18.0 Å². The van der Waals surface area contributed by atoms with Gasteiger partial charge in [-0.15, -0.1) is 0 Å². The summed E-state index contributed by atoms with van der Waals surface area (Å²) in [5.74, 6) is -0.782. The Morgan fingerprint density at radius 1 is 0.923 bits per heavy atom. The van der Waals surface area contributed by atoms with Gasteiger partial charge in [0.25, 0.3) is 0 Å². The van der Waals surface area contributed by atoms with E-state index in [1.165, 1.54) is 4.90 Å². The van der Waals surface area contributed by atoms with E-state index in [-0.39, 0.29) is 18.9 Å². The lowest BCUT2D eigenvalue weighted by Gasteiger charge is -2.35. The van der Waals surface area contributed by atoms with Crippen LogP contribution in [0.2, 0.25) is 0 Å². The summed E-state index contributed by atoms with van der Waals surface area (Å²) in [5, 5.41) is 3.02. The summed E-state index contributed by atoms with van der Waals surface area (Å²) in [4.78, 5) is 29.2. The van der Waals surface area contributed by atoms with Crippen molar-refractivity contribution in [3.8, 4) is 0 Å². The van der Waals surface area contributed by atoms with Crippen molar-refractivity contribution in [2.24, 2.45) is 0 Å². The van der Waals surface area contributed by atoms with Gasteiger partial charge in [-0.3, -0.25) is 13.9 Å². The van der Waals surface area contributed by atoms with Crippen LogP contribution >= 0.6 is 15.9 Å². The maximum Gasteiger partial charge on any atom is 0.244 e. The summed E-state index contributed by atoms with van der Waals surface area (Å²) < 4.78 is 27.7. The molecule has 0 aromatic heterocycles. The van der Waals surface area contributed by atoms with Crippen LogP contribution < -0.4 is 9.62 Å². The number of aryl methyl sites for hydroxylation is 1. The quantitative estimate of drug-likeness (QED) is 0.345. The number of carbonyl (C=O) groups is 2. The van der Waals surface area contributed by atoms with Crippen LogP contribution in [-0.2, 0) is 32.6 Å². The number of amides is 2. The monoisotopic (exact) mass is 613 g/mol. The molecule has 7 nitrogen and oxygen atoms in total. The highest BCUT2D eigenvalue weighted by Gasteiger charge is 2.34. The molecule has 208 valence electrons. The molecule has 3 aromatic rings. The van der Waals surface area contributed by atoms with Gasteiger partial charge in [0.1, 0.15) is 12.6 Å². The molecule has 0 aliphatic heterocycles. The van der Waals surface area contributed by atoms with Crippen molar-refractivity contribution in [3.05, 3.63) is 100 Å². The van der Waals surface area contributed by atoms with Crippen LogP contribution in [0.5, 0.6) is 0 Å². The number of nitrogens with one attached hydrogen (secondary N) is 1. The van der Waals surface area contributed by atoms with Crippen LogP contribution in [0.25, 0.3) is 0 Å². The molecular weight excluding hydrogens is 578 g/mol. The number of halogens is 1. The molecular formula is C30H36BrN3O4S. The second kappa shape index (κ2) is 12.8. The lowest BCUT2D eigenvalue weighted by molar-refractivity contribution is -0.140. The van der Waals surface area contributed by atoms with Gasteiger partial charge in [-0.05, 0) is 62.6 Å². The lowest BCUT2D eigenvalue weighted by Crippen LogP contribution is -2.56. The normalized spacial score (nSPS) is 12.5. The van der Waals surface area contributed by atoms with Gasteiger partial charge in [-0.2, -0.15) is 0 Å². The summed E-state index contributed by atoms with van der Waals surface area (Å²) >= 11 is 3.44. The van der Waals surface area contributed by atoms with Gasteiger partial charge in [0.05, 0.1) is 11.9 Å². The van der Waals surface area contributed by atoms with Gasteiger partial charge in [0.15, 0.2) is 0 Å². The van der Waals surface area contributed by atoms with E-state index in [0.29, 0.717) is 5.69 Å². The Balaban J connectivity index is 2.06. The summed E-state index contributed by atoms with van der Waals surface area (Å²) in [5.41, 5.74) is 2.41. The molecule has 0 aliphatic rings. The van der Waals surface area contributed by atoms with Gasteiger partial charge >= 0.3 is 0 Å². The van der Waals surface area contributed by atoms with Crippen molar-refractivity contribution in [2.45, 2.75) is 52.2 Å². The molecule has 0 fully saturated rings. The smallest absolute Gasteiger partial charge is 0.244 e. The van der Waals surface area contributed by atoms with Crippen molar-refractivity contribution < 1.29 is 18.0 Å². The fourth-order valence-electron chi connectivity index (χ4n) is 4.18. The number of benzene rings is 3. The van der Waals surface area contributed by atoms with Crippen molar-refractivity contribution in [1.29, 1.82) is 0 Å². The molecule has 9 heteroatoms. The SMILES string of the molecule is Cc1cc(N(CC(=O)N(Cc2ccccc2)C(Cc2ccccc2)C(=O)NC(C)(C)C)S(C)(=O)=O)ccc1Br. The predicted octanol–water partition coefficient (Wildman–Crippen LogP) is 5.08. The van der Waals surface area contributed by atoms with Gasteiger partial charge in [0, 0.05) is 23.0 Å². The van der Waals surface area contributed by atoms with Gasteiger partial charge in [0.2, 0.25) is 21.8 Å². The highest BCUT2D eigenvalue weighted by molar-refractivity contribution is 9.10. The maximum absolute atomic E-state index is 14.1. The number of hydrogen-bond acceptors (Lipinski definition) is 4. The predicted molar refractivity (Wildman–Crippen MR) is 160 cm³/mol. The fraction of sp³-hybridized carbons (Fsp3) is 0.333. The summed E-state index contributed by atoms with van der Waals surface area (Å²) in [6.07, 6.45) is 1.35. The number of rotatable bonds is 10. The maximum atomic E-state index is 14.1. The highest BCUT2D eigenvalue weighted by atomic mass is 79.9. The van der Waals surface area contributed by atoms with Crippen molar-refractivity contribution >= 4 is 43.5 Å². The average Bonchev–Trinajstić information content (AvgIpc) is 2.86. The van der Waals surface area contributed by atoms with Crippen LogP contribution in [-0.4, -0.2) is 49.5 Å². The Morgan fingerprint density at radius 3 is 2.00 bits per heavy atom. The van der Waals surface area contributed by atoms with Crippen molar-refractivity contribution in [2.75, 3.05) is 17.1 Å². The molecule has 0 heterocycles. The van der Waals surface area contributed by atoms with Crippen LogP contribution in [0, 0.1) is 6.92 Å². The minimum atomic E-state index is -3.81. The van der Waals surface area contributed by atoms with E-state index in [2.05, 4.69) is 21.2 Å². The Labute approximate surface area is 240 Å². The third kappa shape index (κ3) is 8.93. The number of nitrogens with zero attached hydrogens (tertiary/aromatic N) is 2. The number of sulfonamides is 1.